The minimum atomic E-state index is -2.51. The Bertz CT molecular complexity index is 446. The number of thioether (sulfide) groups is 1. The van der Waals surface area contributed by atoms with Crippen molar-refractivity contribution in [2.75, 3.05) is 13.1 Å². The molecule has 1 N–H and O–H groups in total. The van der Waals surface area contributed by atoms with Gasteiger partial charge in [-0.2, -0.15) is 8.78 Å². The SMILES string of the molecule is O=C(O)N1CC(F)(c2ccc(SC(F)F)cc2)C1. The van der Waals surface area contributed by atoms with Crippen LogP contribution in [0.1, 0.15) is 5.56 Å². The van der Waals surface area contributed by atoms with E-state index >= 15 is 0 Å². The Balaban J connectivity index is 2.04. The van der Waals surface area contributed by atoms with Gasteiger partial charge < -0.3 is 10.0 Å². The van der Waals surface area contributed by atoms with Crippen molar-refractivity contribution < 1.29 is 23.1 Å². The largest absolute Gasteiger partial charge is 0.465 e. The van der Waals surface area contributed by atoms with Gasteiger partial charge >= 0.3 is 6.09 Å². The van der Waals surface area contributed by atoms with Crippen LogP contribution in [0.15, 0.2) is 29.2 Å². The molecule has 0 radical (unpaired) electrons. The molecule has 1 aliphatic rings. The number of amides is 1. The fourth-order valence-corrected chi connectivity index (χ4v) is 2.31. The molecular weight excluding hydrogens is 267 g/mol. The van der Waals surface area contributed by atoms with E-state index in [0.29, 0.717) is 22.2 Å². The highest BCUT2D eigenvalue weighted by molar-refractivity contribution is 7.99. The first-order valence-corrected chi connectivity index (χ1v) is 6.01. The second-order valence-electron chi connectivity index (χ2n) is 4.01. The average molecular weight is 277 g/mol. The van der Waals surface area contributed by atoms with E-state index in [1.54, 1.807) is 0 Å². The van der Waals surface area contributed by atoms with Crippen molar-refractivity contribution in [3.8, 4) is 0 Å². The third-order valence-electron chi connectivity index (χ3n) is 2.75. The molecule has 0 atom stereocenters. The number of halogens is 3. The van der Waals surface area contributed by atoms with Crippen molar-refractivity contribution in [1.82, 2.24) is 4.90 Å². The topological polar surface area (TPSA) is 40.5 Å². The number of likely N-dealkylation sites (tertiary alicyclic amines) is 1. The Morgan fingerprint density at radius 3 is 2.33 bits per heavy atom. The summed E-state index contributed by atoms with van der Waals surface area (Å²) in [4.78, 5) is 11.9. The number of nitrogens with zero attached hydrogens (tertiary/aromatic N) is 1. The highest BCUT2D eigenvalue weighted by Gasteiger charge is 2.47. The lowest BCUT2D eigenvalue weighted by molar-refractivity contribution is -0.0238. The summed E-state index contributed by atoms with van der Waals surface area (Å²) in [5.74, 6) is -2.51. The van der Waals surface area contributed by atoms with E-state index < -0.39 is 17.5 Å². The number of rotatable bonds is 3. The minimum Gasteiger partial charge on any atom is -0.465 e. The van der Waals surface area contributed by atoms with E-state index in [1.165, 1.54) is 24.3 Å². The number of hydrogen-bond acceptors (Lipinski definition) is 2. The fraction of sp³-hybridized carbons (Fsp3) is 0.364. The summed E-state index contributed by atoms with van der Waals surface area (Å²) >= 11 is 0.389. The normalized spacial score (nSPS) is 17.7. The Morgan fingerprint density at radius 1 is 1.33 bits per heavy atom. The lowest BCUT2D eigenvalue weighted by Gasteiger charge is -2.42. The summed E-state index contributed by atoms with van der Waals surface area (Å²) in [5.41, 5.74) is -1.38. The second-order valence-corrected chi connectivity index (χ2v) is 5.07. The maximum absolute atomic E-state index is 14.2. The Hall–Kier alpha value is -1.37. The first kappa shape index (κ1) is 13.1. The van der Waals surface area contributed by atoms with E-state index in [4.69, 9.17) is 5.11 Å². The average Bonchev–Trinajstić information content (AvgIpc) is 2.24. The molecule has 1 fully saturated rings. The Labute approximate surface area is 106 Å². The van der Waals surface area contributed by atoms with Crippen LogP contribution in [-0.4, -0.2) is 34.9 Å². The molecule has 2 rings (SSSR count). The number of carboxylic acid groups (broad SMARTS) is 1. The maximum Gasteiger partial charge on any atom is 0.407 e. The summed E-state index contributed by atoms with van der Waals surface area (Å²) in [6, 6.07) is 5.67. The summed E-state index contributed by atoms with van der Waals surface area (Å²) in [7, 11) is 0. The third-order valence-corrected chi connectivity index (χ3v) is 3.47. The van der Waals surface area contributed by atoms with Crippen LogP contribution in [0.4, 0.5) is 18.0 Å². The second kappa shape index (κ2) is 4.72. The molecule has 1 saturated heterocycles. The molecule has 0 bridgehead atoms. The summed E-state index contributed by atoms with van der Waals surface area (Å²) in [5, 5.41) is 8.63. The van der Waals surface area contributed by atoms with Crippen molar-refractivity contribution in [3.05, 3.63) is 29.8 Å². The predicted molar refractivity (Wildman–Crippen MR) is 60.7 cm³/mol. The van der Waals surface area contributed by atoms with Gasteiger partial charge in [0.2, 0.25) is 0 Å². The van der Waals surface area contributed by atoms with Crippen LogP contribution < -0.4 is 0 Å². The van der Waals surface area contributed by atoms with E-state index in [-0.39, 0.29) is 13.1 Å². The highest BCUT2D eigenvalue weighted by atomic mass is 32.2. The van der Waals surface area contributed by atoms with E-state index in [9.17, 15) is 18.0 Å². The van der Waals surface area contributed by atoms with Crippen molar-refractivity contribution in [3.63, 3.8) is 0 Å². The zero-order valence-electron chi connectivity index (χ0n) is 9.15. The molecule has 0 spiro atoms. The van der Waals surface area contributed by atoms with Gasteiger partial charge in [0.15, 0.2) is 5.67 Å². The zero-order valence-corrected chi connectivity index (χ0v) is 9.96. The standard InChI is InChI=1S/C11H10F3NO2S/c12-9(13)18-8-3-1-7(2-4-8)11(14)5-15(6-11)10(16)17/h1-4,9H,5-6H2,(H,16,17). The van der Waals surface area contributed by atoms with E-state index in [2.05, 4.69) is 0 Å². The first-order chi connectivity index (χ1) is 8.40. The van der Waals surface area contributed by atoms with Gasteiger partial charge in [0.1, 0.15) is 0 Å². The van der Waals surface area contributed by atoms with Crippen LogP contribution in [0.3, 0.4) is 0 Å². The fourth-order valence-electron chi connectivity index (χ4n) is 1.81. The van der Waals surface area contributed by atoms with Crippen molar-refractivity contribution in [1.29, 1.82) is 0 Å². The van der Waals surface area contributed by atoms with Crippen LogP contribution in [0.25, 0.3) is 0 Å². The van der Waals surface area contributed by atoms with Gasteiger partial charge in [-0.3, -0.25) is 0 Å². The maximum atomic E-state index is 14.2. The monoisotopic (exact) mass is 277 g/mol. The lowest BCUT2D eigenvalue weighted by Crippen LogP contribution is -2.58. The lowest BCUT2D eigenvalue weighted by atomic mass is 9.88. The quantitative estimate of drug-likeness (QED) is 0.863. The van der Waals surface area contributed by atoms with Crippen LogP contribution in [0.5, 0.6) is 0 Å². The molecule has 0 unspecified atom stereocenters. The van der Waals surface area contributed by atoms with Crippen molar-refractivity contribution in [2.24, 2.45) is 0 Å². The molecule has 98 valence electrons. The smallest absolute Gasteiger partial charge is 0.407 e. The first-order valence-electron chi connectivity index (χ1n) is 5.13. The van der Waals surface area contributed by atoms with Gasteiger partial charge in [-0.15, -0.1) is 0 Å². The van der Waals surface area contributed by atoms with Gasteiger partial charge in [-0.1, -0.05) is 23.9 Å². The van der Waals surface area contributed by atoms with Gasteiger partial charge in [0.25, 0.3) is 5.76 Å². The van der Waals surface area contributed by atoms with Crippen LogP contribution in [0.2, 0.25) is 0 Å². The number of hydrogen-bond donors (Lipinski definition) is 1. The predicted octanol–water partition coefficient (Wildman–Crippen LogP) is 3.16. The zero-order chi connectivity index (χ0) is 13.3. The molecule has 7 heteroatoms. The molecule has 0 aromatic heterocycles. The van der Waals surface area contributed by atoms with Crippen LogP contribution >= 0.6 is 11.8 Å². The minimum absolute atomic E-state index is 0.219. The van der Waals surface area contributed by atoms with Gasteiger partial charge in [-0.05, 0) is 17.7 Å². The number of benzene rings is 1. The molecule has 1 aliphatic heterocycles. The highest BCUT2D eigenvalue weighted by Crippen LogP contribution is 2.37. The number of alkyl halides is 3. The molecule has 1 heterocycles. The number of carbonyl (C=O) groups is 1. The molecule has 1 aromatic carbocycles. The Morgan fingerprint density at radius 2 is 1.89 bits per heavy atom. The van der Waals surface area contributed by atoms with Crippen LogP contribution in [0, 0.1) is 0 Å². The molecule has 1 amide bonds. The van der Waals surface area contributed by atoms with Gasteiger partial charge in [0.05, 0.1) is 13.1 Å². The summed E-state index contributed by atoms with van der Waals surface area (Å²) in [6.07, 6.45) is -1.16. The third kappa shape index (κ3) is 2.55. The molecule has 1 aromatic rings. The van der Waals surface area contributed by atoms with Crippen molar-refractivity contribution in [2.45, 2.75) is 16.3 Å². The summed E-state index contributed by atoms with van der Waals surface area (Å²) < 4.78 is 38.4. The molecule has 3 nitrogen and oxygen atoms in total. The van der Waals surface area contributed by atoms with E-state index in [0.717, 1.165) is 4.90 Å². The molecule has 0 aliphatic carbocycles. The van der Waals surface area contributed by atoms with Crippen LogP contribution in [-0.2, 0) is 5.67 Å². The molecule has 18 heavy (non-hydrogen) atoms. The molecule has 0 saturated carbocycles. The van der Waals surface area contributed by atoms with Gasteiger partial charge in [0, 0.05) is 4.90 Å². The summed E-state index contributed by atoms with van der Waals surface area (Å²) in [6.45, 7) is -0.437. The molecular formula is C11H10F3NO2S. The Kier molecular flexibility index (Phi) is 3.43. The van der Waals surface area contributed by atoms with Gasteiger partial charge in [-0.25, -0.2) is 9.18 Å². The van der Waals surface area contributed by atoms with Crippen molar-refractivity contribution >= 4 is 17.9 Å². The van der Waals surface area contributed by atoms with E-state index in [1.807, 2.05) is 0 Å².